The van der Waals surface area contributed by atoms with Crippen molar-refractivity contribution in [3.05, 3.63) is 58.9 Å². The summed E-state index contributed by atoms with van der Waals surface area (Å²) in [5.74, 6) is 0.786. The van der Waals surface area contributed by atoms with E-state index < -0.39 is 6.10 Å². The molecule has 3 heteroatoms. The zero-order chi connectivity index (χ0) is 13.4. The lowest BCUT2D eigenvalue weighted by molar-refractivity contribution is 0.150. The summed E-state index contributed by atoms with van der Waals surface area (Å²) in [6.07, 6.45) is 0.617. The first-order valence-corrected chi connectivity index (χ1v) is 6.70. The van der Waals surface area contributed by atoms with Crippen LogP contribution in [0.1, 0.15) is 41.0 Å². The van der Waals surface area contributed by atoms with Crippen molar-refractivity contribution in [2.45, 2.75) is 32.3 Å². The maximum Gasteiger partial charge on any atom is 0.0843 e. The molecule has 0 bridgehead atoms. The zero-order valence-electron chi connectivity index (χ0n) is 11.2. The van der Waals surface area contributed by atoms with E-state index in [2.05, 4.69) is 34.5 Å². The second kappa shape index (κ2) is 4.74. The Kier molecular flexibility index (Phi) is 3.07. The third-order valence-electron chi connectivity index (χ3n) is 3.93. The molecule has 3 atom stereocenters. The Morgan fingerprint density at radius 1 is 1.16 bits per heavy atom. The third kappa shape index (κ3) is 2.38. The standard InChI is InChI=1S/C16H18N2O/c1-10-8-13(11(2)18-17-10)16(19)15-9-14(15)12-6-4-3-5-7-12/h3-8,14-16,19H,9H2,1-2H3. The highest BCUT2D eigenvalue weighted by Gasteiger charge is 2.44. The smallest absolute Gasteiger partial charge is 0.0843 e. The van der Waals surface area contributed by atoms with Crippen LogP contribution in [0.4, 0.5) is 0 Å². The Labute approximate surface area is 113 Å². The van der Waals surface area contributed by atoms with Crippen LogP contribution < -0.4 is 0 Å². The molecular weight excluding hydrogens is 236 g/mol. The Bertz CT molecular complexity index is 583. The van der Waals surface area contributed by atoms with Crippen LogP contribution in [0.3, 0.4) is 0 Å². The highest BCUT2D eigenvalue weighted by molar-refractivity contribution is 5.31. The van der Waals surface area contributed by atoms with Crippen molar-refractivity contribution >= 4 is 0 Å². The lowest BCUT2D eigenvalue weighted by Gasteiger charge is -2.13. The van der Waals surface area contributed by atoms with Crippen molar-refractivity contribution < 1.29 is 5.11 Å². The van der Waals surface area contributed by atoms with Gasteiger partial charge in [0.05, 0.1) is 17.5 Å². The lowest BCUT2D eigenvalue weighted by atomic mass is 10.0. The highest BCUT2D eigenvalue weighted by atomic mass is 16.3. The molecule has 0 spiro atoms. The van der Waals surface area contributed by atoms with E-state index in [0.717, 1.165) is 23.4 Å². The minimum absolute atomic E-state index is 0.310. The topological polar surface area (TPSA) is 46.0 Å². The van der Waals surface area contributed by atoms with Gasteiger partial charge < -0.3 is 5.11 Å². The van der Waals surface area contributed by atoms with E-state index in [4.69, 9.17) is 0 Å². The van der Waals surface area contributed by atoms with Crippen LogP contribution in [0.25, 0.3) is 0 Å². The molecule has 3 unspecified atom stereocenters. The van der Waals surface area contributed by atoms with Crippen molar-refractivity contribution in [1.82, 2.24) is 10.2 Å². The number of nitrogens with zero attached hydrogens (tertiary/aromatic N) is 2. The summed E-state index contributed by atoms with van der Waals surface area (Å²) in [4.78, 5) is 0. The molecule has 98 valence electrons. The molecule has 1 aliphatic carbocycles. The van der Waals surface area contributed by atoms with Gasteiger partial charge in [-0.3, -0.25) is 0 Å². The van der Waals surface area contributed by atoms with Gasteiger partial charge in [0.15, 0.2) is 0 Å². The molecule has 0 amide bonds. The highest BCUT2D eigenvalue weighted by Crippen LogP contribution is 2.54. The molecule has 19 heavy (non-hydrogen) atoms. The fourth-order valence-electron chi connectivity index (χ4n) is 2.75. The van der Waals surface area contributed by atoms with Gasteiger partial charge in [-0.25, -0.2) is 0 Å². The number of rotatable bonds is 3. The second-order valence-corrected chi connectivity index (χ2v) is 5.39. The Balaban J connectivity index is 1.80. The summed E-state index contributed by atoms with van der Waals surface area (Å²) in [7, 11) is 0. The van der Waals surface area contributed by atoms with E-state index in [1.807, 2.05) is 26.0 Å². The van der Waals surface area contributed by atoms with Crippen LogP contribution in [0.15, 0.2) is 36.4 Å². The molecule has 1 aromatic heterocycles. The van der Waals surface area contributed by atoms with E-state index in [0.29, 0.717) is 11.8 Å². The molecule has 1 aliphatic rings. The first kappa shape index (κ1) is 12.3. The molecule has 1 aromatic carbocycles. The summed E-state index contributed by atoms with van der Waals surface area (Å²) < 4.78 is 0. The van der Waals surface area contributed by atoms with Crippen LogP contribution in [0.2, 0.25) is 0 Å². The first-order valence-electron chi connectivity index (χ1n) is 6.70. The number of benzene rings is 1. The van der Waals surface area contributed by atoms with Gasteiger partial charge in [-0.2, -0.15) is 10.2 Å². The Hall–Kier alpha value is -1.74. The van der Waals surface area contributed by atoms with Crippen LogP contribution in [0.5, 0.6) is 0 Å². The van der Waals surface area contributed by atoms with E-state index >= 15 is 0 Å². The molecule has 1 N–H and O–H groups in total. The van der Waals surface area contributed by atoms with E-state index in [9.17, 15) is 5.11 Å². The normalized spacial score (nSPS) is 23.1. The Morgan fingerprint density at radius 2 is 1.89 bits per heavy atom. The van der Waals surface area contributed by atoms with E-state index in [1.165, 1.54) is 5.56 Å². The molecule has 3 nitrogen and oxygen atoms in total. The van der Waals surface area contributed by atoms with Gasteiger partial charge in [0, 0.05) is 5.56 Å². The zero-order valence-corrected chi connectivity index (χ0v) is 11.2. The van der Waals surface area contributed by atoms with Crippen molar-refractivity contribution in [2.75, 3.05) is 0 Å². The molecule has 0 radical (unpaired) electrons. The van der Waals surface area contributed by atoms with Crippen molar-refractivity contribution in [3.63, 3.8) is 0 Å². The average molecular weight is 254 g/mol. The number of aliphatic hydroxyl groups is 1. The summed E-state index contributed by atoms with van der Waals surface area (Å²) in [6.45, 7) is 3.81. The Morgan fingerprint density at radius 3 is 2.63 bits per heavy atom. The van der Waals surface area contributed by atoms with Crippen molar-refractivity contribution in [1.29, 1.82) is 0 Å². The SMILES string of the molecule is Cc1cc(C(O)C2CC2c2ccccc2)c(C)nn1. The third-order valence-corrected chi connectivity index (χ3v) is 3.93. The second-order valence-electron chi connectivity index (χ2n) is 5.39. The summed E-state index contributed by atoms with van der Waals surface area (Å²) in [5.41, 5.74) is 3.94. The van der Waals surface area contributed by atoms with E-state index in [-0.39, 0.29) is 0 Å². The molecular formula is C16H18N2O. The molecule has 2 aromatic rings. The predicted molar refractivity (Wildman–Crippen MR) is 73.8 cm³/mol. The summed E-state index contributed by atoms with van der Waals surface area (Å²) in [6, 6.07) is 12.4. The van der Waals surface area contributed by atoms with Crippen molar-refractivity contribution in [3.8, 4) is 0 Å². The quantitative estimate of drug-likeness (QED) is 0.916. The number of aryl methyl sites for hydroxylation is 2. The number of hydrogen-bond donors (Lipinski definition) is 1. The molecule has 3 rings (SSSR count). The van der Waals surface area contributed by atoms with Gasteiger partial charge in [-0.1, -0.05) is 30.3 Å². The fraction of sp³-hybridized carbons (Fsp3) is 0.375. The van der Waals surface area contributed by atoms with Gasteiger partial charge in [-0.15, -0.1) is 0 Å². The number of aromatic nitrogens is 2. The van der Waals surface area contributed by atoms with Crippen LogP contribution >= 0.6 is 0 Å². The van der Waals surface area contributed by atoms with Crippen LogP contribution in [0, 0.1) is 19.8 Å². The molecule has 0 aliphatic heterocycles. The van der Waals surface area contributed by atoms with Gasteiger partial charge in [0.1, 0.15) is 0 Å². The van der Waals surface area contributed by atoms with Crippen LogP contribution in [-0.2, 0) is 0 Å². The maximum absolute atomic E-state index is 10.5. The minimum Gasteiger partial charge on any atom is -0.388 e. The molecule has 0 saturated heterocycles. The average Bonchev–Trinajstić information content (AvgIpc) is 3.22. The van der Waals surface area contributed by atoms with Crippen molar-refractivity contribution in [2.24, 2.45) is 5.92 Å². The first-order chi connectivity index (χ1) is 9.16. The fourth-order valence-corrected chi connectivity index (χ4v) is 2.75. The maximum atomic E-state index is 10.5. The van der Waals surface area contributed by atoms with Gasteiger partial charge in [-0.05, 0) is 43.7 Å². The minimum atomic E-state index is -0.431. The van der Waals surface area contributed by atoms with Gasteiger partial charge in [0.2, 0.25) is 0 Å². The summed E-state index contributed by atoms with van der Waals surface area (Å²) in [5, 5.41) is 18.6. The predicted octanol–water partition coefficient (Wildman–Crippen LogP) is 2.93. The number of aliphatic hydroxyl groups excluding tert-OH is 1. The van der Waals surface area contributed by atoms with Gasteiger partial charge in [0.25, 0.3) is 0 Å². The van der Waals surface area contributed by atoms with E-state index in [1.54, 1.807) is 0 Å². The summed E-state index contributed by atoms with van der Waals surface area (Å²) >= 11 is 0. The molecule has 1 fully saturated rings. The molecule has 1 saturated carbocycles. The van der Waals surface area contributed by atoms with Gasteiger partial charge >= 0.3 is 0 Å². The van der Waals surface area contributed by atoms with Crippen LogP contribution in [-0.4, -0.2) is 15.3 Å². The molecule has 1 heterocycles. The lowest BCUT2D eigenvalue weighted by Crippen LogP contribution is -2.07. The number of hydrogen-bond acceptors (Lipinski definition) is 3. The largest absolute Gasteiger partial charge is 0.388 e. The monoisotopic (exact) mass is 254 g/mol.